The van der Waals surface area contributed by atoms with Crippen LogP contribution in [0.5, 0.6) is 0 Å². The average molecular weight is 307 g/mol. The van der Waals surface area contributed by atoms with Crippen LogP contribution in [0.1, 0.15) is 13.3 Å². The van der Waals surface area contributed by atoms with E-state index in [9.17, 15) is 13.2 Å². The molecule has 0 radical (unpaired) electrons. The third-order valence-corrected chi connectivity index (χ3v) is 4.79. The number of thioether (sulfide) groups is 1. The molecule has 108 valence electrons. The Labute approximate surface area is 116 Å². The third-order valence-electron chi connectivity index (χ3n) is 2.44. The van der Waals surface area contributed by atoms with Crippen molar-refractivity contribution in [3.63, 3.8) is 0 Å². The van der Waals surface area contributed by atoms with Crippen LogP contribution in [0.2, 0.25) is 0 Å². The van der Waals surface area contributed by atoms with Crippen molar-refractivity contribution in [1.82, 2.24) is 14.5 Å². The first-order valence-electron chi connectivity index (χ1n) is 5.62. The molecular weight excluding hydrogens is 290 g/mol. The first-order chi connectivity index (χ1) is 8.85. The van der Waals surface area contributed by atoms with Gasteiger partial charge in [0.1, 0.15) is 4.90 Å². The number of nitrogens with zero attached hydrogens (tertiary/aromatic N) is 2. The summed E-state index contributed by atoms with van der Waals surface area (Å²) < 4.78 is 27.6. The molecule has 0 fully saturated rings. The van der Waals surface area contributed by atoms with E-state index in [4.69, 9.17) is 5.11 Å². The fraction of sp³-hybridized carbons (Fsp3) is 0.600. The van der Waals surface area contributed by atoms with Crippen LogP contribution in [-0.4, -0.2) is 47.3 Å². The number of nitrogens with one attached hydrogen (secondary N) is 1. The minimum absolute atomic E-state index is 0.0474. The quantitative estimate of drug-likeness (QED) is 0.720. The van der Waals surface area contributed by atoms with Gasteiger partial charge < -0.3 is 5.11 Å². The van der Waals surface area contributed by atoms with Gasteiger partial charge in [-0.25, -0.2) is 13.1 Å². The van der Waals surface area contributed by atoms with E-state index >= 15 is 0 Å². The van der Waals surface area contributed by atoms with Crippen LogP contribution in [0.15, 0.2) is 17.3 Å². The Morgan fingerprint density at radius 2 is 2.32 bits per heavy atom. The molecule has 1 aromatic heterocycles. The normalized spacial score (nSPS) is 13.4. The molecular formula is C10H17N3O4S2. The highest BCUT2D eigenvalue weighted by Crippen LogP contribution is 2.09. The highest BCUT2D eigenvalue weighted by atomic mass is 32.2. The van der Waals surface area contributed by atoms with E-state index in [1.807, 2.05) is 13.2 Å². The van der Waals surface area contributed by atoms with Crippen LogP contribution in [-0.2, 0) is 21.4 Å². The maximum absolute atomic E-state index is 11.9. The Morgan fingerprint density at radius 3 is 2.89 bits per heavy atom. The fourth-order valence-electron chi connectivity index (χ4n) is 1.21. The lowest BCUT2D eigenvalue weighted by atomic mass is 10.4. The zero-order valence-electron chi connectivity index (χ0n) is 10.7. The Morgan fingerprint density at radius 1 is 1.63 bits per heavy atom. The van der Waals surface area contributed by atoms with Gasteiger partial charge in [0.15, 0.2) is 0 Å². The maximum Gasteiger partial charge on any atom is 0.305 e. The average Bonchev–Trinajstić information content (AvgIpc) is 2.83. The summed E-state index contributed by atoms with van der Waals surface area (Å²) in [4.78, 5) is 10.5. The molecule has 2 N–H and O–H groups in total. The molecule has 0 aliphatic rings. The molecule has 0 saturated heterocycles. The molecule has 0 saturated carbocycles. The third kappa shape index (κ3) is 5.21. The summed E-state index contributed by atoms with van der Waals surface area (Å²) in [5.74, 6) is -0.952. The number of aromatic nitrogens is 2. The van der Waals surface area contributed by atoms with Crippen molar-refractivity contribution in [3.8, 4) is 0 Å². The minimum Gasteiger partial charge on any atom is -0.481 e. The smallest absolute Gasteiger partial charge is 0.305 e. The van der Waals surface area contributed by atoms with Crippen LogP contribution >= 0.6 is 11.8 Å². The summed E-state index contributed by atoms with van der Waals surface area (Å²) >= 11 is 1.56. The topological polar surface area (TPSA) is 101 Å². The van der Waals surface area contributed by atoms with Crippen LogP contribution in [0.4, 0.5) is 0 Å². The summed E-state index contributed by atoms with van der Waals surface area (Å²) in [5, 5.41) is 12.5. The first kappa shape index (κ1) is 16.0. The van der Waals surface area contributed by atoms with Gasteiger partial charge in [-0.05, 0) is 6.26 Å². The van der Waals surface area contributed by atoms with Gasteiger partial charge in [0, 0.05) is 18.0 Å². The molecule has 0 spiro atoms. The summed E-state index contributed by atoms with van der Waals surface area (Å²) in [6, 6.07) is 0. The molecule has 0 aliphatic heterocycles. The van der Waals surface area contributed by atoms with Gasteiger partial charge in [0.2, 0.25) is 10.0 Å². The van der Waals surface area contributed by atoms with Gasteiger partial charge in [-0.15, -0.1) is 0 Å². The zero-order valence-corrected chi connectivity index (χ0v) is 12.4. The molecule has 0 amide bonds. The molecule has 1 rings (SSSR count). The van der Waals surface area contributed by atoms with Gasteiger partial charge in [-0.3, -0.25) is 9.48 Å². The van der Waals surface area contributed by atoms with Crippen molar-refractivity contribution in [2.45, 2.75) is 30.0 Å². The fourth-order valence-corrected chi connectivity index (χ4v) is 2.65. The SMILES string of the molecule is CSC(C)CNS(=O)(=O)c1cnn(CCC(=O)O)c1. The molecule has 1 unspecified atom stereocenters. The molecule has 9 heteroatoms. The monoisotopic (exact) mass is 307 g/mol. The molecule has 0 aromatic carbocycles. The van der Waals surface area contributed by atoms with Crippen molar-refractivity contribution >= 4 is 27.8 Å². The molecule has 19 heavy (non-hydrogen) atoms. The van der Waals surface area contributed by atoms with E-state index in [2.05, 4.69) is 9.82 Å². The second kappa shape index (κ2) is 6.92. The predicted molar refractivity (Wildman–Crippen MR) is 72.6 cm³/mol. The lowest BCUT2D eigenvalue weighted by Gasteiger charge is -2.09. The van der Waals surface area contributed by atoms with E-state index in [0.29, 0.717) is 6.54 Å². The van der Waals surface area contributed by atoms with E-state index in [-0.39, 0.29) is 23.1 Å². The second-order valence-corrected chi connectivity index (χ2v) is 7.02. The number of sulfonamides is 1. The summed E-state index contributed by atoms with van der Waals surface area (Å²) in [6.45, 7) is 2.40. The van der Waals surface area contributed by atoms with Crippen LogP contribution in [0.3, 0.4) is 0 Å². The van der Waals surface area contributed by atoms with Crippen molar-refractivity contribution in [2.24, 2.45) is 0 Å². The standard InChI is InChI=1S/C10H17N3O4S2/c1-8(18-2)5-12-19(16,17)9-6-11-13(7-9)4-3-10(14)15/h6-8,12H,3-5H2,1-2H3,(H,14,15). The van der Waals surface area contributed by atoms with Gasteiger partial charge >= 0.3 is 5.97 Å². The minimum atomic E-state index is -3.58. The largest absolute Gasteiger partial charge is 0.481 e. The molecule has 0 bridgehead atoms. The summed E-state index contributed by atoms with van der Waals surface area (Å²) in [5.41, 5.74) is 0. The van der Waals surface area contributed by atoms with E-state index in [1.165, 1.54) is 17.1 Å². The van der Waals surface area contributed by atoms with Crippen molar-refractivity contribution in [1.29, 1.82) is 0 Å². The van der Waals surface area contributed by atoms with Gasteiger partial charge in [0.25, 0.3) is 0 Å². The number of carboxylic acids is 1. The van der Waals surface area contributed by atoms with Gasteiger partial charge in [-0.2, -0.15) is 16.9 Å². The first-order valence-corrected chi connectivity index (χ1v) is 8.39. The van der Waals surface area contributed by atoms with Crippen molar-refractivity contribution in [2.75, 3.05) is 12.8 Å². The molecule has 0 aliphatic carbocycles. The van der Waals surface area contributed by atoms with E-state index in [1.54, 1.807) is 11.8 Å². The number of aliphatic carboxylic acids is 1. The number of carboxylic acid groups (broad SMARTS) is 1. The number of aryl methyl sites for hydroxylation is 1. The Bertz CT molecular complexity index is 527. The highest BCUT2D eigenvalue weighted by molar-refractivity contribution is 7.99. The van der Waals surface area contributed by atoms with Crippen molar-refractivity contribution < 1.29 is 18.3 Å². The lowest BCUT2D eigenvalue weighted by molar-refractivity contribution is -0.137. The van der Waals surface area contributed by atoms with Crippen LogP contribution < -0.4 is 4.72 Å². The van der Waals surface area contributed by atoms with E-state index < -0.39 is 16.0 Å². The number of hydrogen-bond donors (Lipinski definition) is 2. The summed E-state index contributed by atoms with van der Waals surface area (Å²) in [6.07, 6.45) is 4.35. The second-order valence-electron chi connectivity index (χ2n) is 3.98. The van der Waals surface area contributed by atoms with Crippen LogP contribution in [0, 0.1) is 0 Å². The zero-order chi connectivity index (χ0) is 14.5. The lowest BCUT2D eigenvalue weighted by Crippen LogP contribution is -2.29. The number of hydrogen-bond acceptors (Lipinski definition) is 5. The Balaban J connectivity index is 2.66. The molecule has 7 nitrogen and oxygen atoms in total. The Hall–Kier alpha value is -1.06. The van der Waals surface area contributed by atoms with Crippen LogP contribution in [0.25, 0.3) is 0 Å². The van der Waals surface area contributed by atoms with Crippen molar-refractivity contribution in [3.05, 3.63) is 12.4 Å². The van der Waals surface area contributed by atoms with Gasteiger partial charge in [-0.1, -0.05) is 6.92 Å². The molecule has 1 aromatic rings. The van der Waals surface area contributed by atoms with Gasteiger partial charge in [0.05, 0.1) is 19.2 Å². The highest BCUT2D eigenvalue weighted by Gasteiger charge is 2.17. The number of rotatable bonds is 8. The molecule has 1 atom stereocenters. The Kier molecular flexibility index (Phi) is 5.83. The summed E-state index contributed by atoms with van der Waals surface area (Å²) in [7, 11) is -3.58. The maximum atomic E-state index is 11.9. The predicted octanol–water partition coefficient (Wildman–Crippen LogP) is 0.388. The number of carbonyl (C=O) groups is 1. The molecule has 1 heterocycles. The van der Waals surface area contributed by atoms with E-state index in [0.717, 1.165) is 0 Å².